The minimum absolute atomic E-state index is 0.0149. The zero-order valence-corrected chi connectivity index (χ0v) is 18.5. The highest BCUT2D eigenvalue weighted by molar-refractivity contribution is 5.95. The molecular formula is C25H30N4O2. The molecule has 2 heterocycles. The number of amides is 1. The quantitative estimate of drug-likeness (QED) is 0.568. The summed E-state index contributed by atoms with van der Waals surface area (Å²) in [5.74, 6) is 0.899. The van der Waals surface area contributed by atoms with E-state index in [1.54, 1.807) is 10.9 Å². The molecule has 1 N–H and O–H groups in total. The van der Waals surface area contributed by atoms with Crippen LogP contribution in [0.4, 0.5) is 5.82 Å². The molecule has 0 unspecified atom stereocenters. The number of carbonyl (C=O) groups is 2. The molecule has 0 fully saturated rings. The lowest BCUT2D eigenvalue weighted by atomic mass is 10.0. The highest BCUT2D eigenvalue weighted by atomic mass is 16.2. The molecule has 2 aromatic rings. The highest BCUT2D eigenvalue weighted by Gasteiger charge is 2.24. The van der Waals surface area contributed by atoms with Crippen LogP contribution in [0.1, 0.15) is 46.8 Å². The number of hydrogen-bond acceptors (Lipinski definition) is 4. The number of aryl methyl sites for hydroxylation is 3. The fourth-order valence-corrected chi connectivity index (χ4v) is 3.48. The van der Waals surface area contributed by atoms with Crippen molar-refractivity contribution in [2.24, 2.45) is 7.05 Å². The van der Waals surface area contributed by atoms with E-state index in [0.717, 1.165) is 40.9 Å². The molecule has 0 saturated heterocycles. The van der Waals surface area contributed by atoms with Crippen molar-refractivity contribution in [2.75, 3.05) is 11.9 Å². The van der Waals surface area contributed by atoms with Crippen LogP contribution in [-0.4, -0.2) is 33.4 Å². The van der Waals surface area contributed by atoms with Crippen LogP contribution in [0.5, 0.6) is 0 Å². The molecule has 0 saturated carbocycles. The number of allylic oxidation sites excluding steroid dienone is 3. The largest absolute Gasteiger partial charge is 0.342 e. The van der Waals surface area contributed by atoms with E-state index in [9.17, 15) is 9.59 Å². The molecule has 1 aliphatic rings. The van der Waals surface area contributed by atoms with E-state index < -0.39 is 0 Å². The van der Waals surface area contributed by atoms with E-state index in [-0.39, 0.29) is 5.91 Å². The van der Waals surface area contributed by atoms with Crippen LogP contribution >= 0.6 is 0 Å². The number of terminal acetylenes is 1. The third-order valence-electron chi connectivity index (χ3n) is 5.09. The molecule has 6 heteroatoms. The Hall–Kier alpha value is -3.59. The van der Waals surface area contributed by atoms with Crippen molar-refractivity contribution in [3.05, 3.63) is 70.6 Å². The SMILES string of the molecule is C#C.CC/C=C\C=C1/CN(C(=O)c2ccc(CCC=O)c(C)c2)Cc2cnn(C)c2N1. The summed E-state index contributed by atoms with van der Waals surface area (Å²) in [5.41, 5.74) is 4.74. The fourth-order valence-electron chi connectivity index (χ4n) is 3.48. The Balaban J connectivity index is 0.00000166. The van der Waals surface area contributed by atoms with Gasteiger partial charge in [-0.1, -0.05) is 25.1 Å². The predicted octanol–water partition coefficient (Wildman–Crippen LogP) is 4.03. The normalized spacial score (nSPS) is 14.4. The average molecular weight is 419 g/mol. The summed E-state index contributed by atoms with van der Waals surface area (Å²) >= 11 is 0. The summed E-state index contributed by atoms with van der Waals surface area (Å²) in [6, 6.07) is 5.74. The molecule has 0 atom stereocenters. The molecule has 3 rings (SSSR count). The Bertz CT molecular complexity index is 998. The van der Waals surface area contributed by atoms with Crippen molar-refractivity contribution < 1.29 is 9.59 Å². The number of rotatable bonds is 6. The van der Waals surface area contributed by atoms with Gasteiger partial charge in [0.2, 0.25) is 0 Å². The van der Waals surface area contributed by atoms with Gasteiger partial charge in [0.15, 0.2) is 0 Å². The number of nitrogens with one attached hydrogen (secondary N) is 1. The summed E-state index contributed by atoms with van der Waals surface area (Å²) in [6.07, 6.45) is 19.0. The molecule has 1 aliphatic heterocycles. The zero-order chi connectivity index (χ0) is 22.8. The van der Waals surface area contributed by atoms with Crippen molar-refractivity contribution >= 4 is 18.0 Å². The van der Waals surface area contributed by atoms with Crippen LogP contribution in [0.3, 0.4) is 0 Å². The van der Waals surface area contributed by atoms with Crippen LogP contribution in [0.2, 0.25) is 0 Å². The number of carbonyl (C=O) groups excluding carboxylic acids is 2. The maximum atomic E-state index is 13.3. The van der Waals surface area contributed by atoms with Gasteiger partial charge in [-0.3, -0.25) is 9.48 Å². The second-order valence-corrected chi connectivity index (χ2v) is 7.30. The van der Waals surface area contributed by atoms with Gasteiger partial charge >= 0.3 is 0 Å². The first-order valence-electron chi connectivity index (χ1n) is 10.3. The van der Waals surface area contributed by atoms with Crippen molar-refractivity contribution in [2.45, 2.75) is 39.7 Å². The predicted molar refractivity (Wildman–Crippen MR) is 125 cm³/mol. The summed E-state index contributed by atoms with van der Waals surface area (Å²) < 4.78 is 1.80. The molecular weight excluding hydrogens is 388 g/mol. The van der Waals surface area contributed by atoms with E-state index in [0.29, 0.717) is 31.5 Å². The molecule has 0 radical (unpaired) electrons. The number of anilines is 1. The van der Waals surface area contributed by atoms with Gasteiger partial charge in [0.05, 0.1) is 19.3 Å². The van der Waals surface area contributed by atoms with Gasteiger partial charge in [0.1, 0.15) is 12.1 Å². The molecule has 1 aromatic carbocycles. The van der Waals surface area contributed by atoms with Crippen molar-refractivity contribution in [1.29, 1.82) is 0 Å². The van der Waals surface area contributed by atoms with Gasteiger partial charge in [0.25, 0.3) is 5.91 Å². The van der Waals surface area contributed by atoms with Gasteiger partial charge in [-0.05, 0) is 49.1 Å². The standard InChI is InChI=1S/C23H28N4O2.C2H2/c1-4-5-6-9-21-16-27(15-20-14-24-26(3)22(20)25-21)23(29)19-11-10-18(8-7-12-28)17(2)13-19;1-2/h5-6,9-14,25H,4,7-8,15-16H2,1-3H3;1-2H/b6-5-,21-9+;. The minimum Gasteiger partial charge on any atom is -0.342 e. The van der Waals surface area contributed by atoms with Crippen molar-refractivity contribution in [1.82, 2.24) is 14.7 Å². The van der Waals surface area contributed by atoms with Crippen molar-refractivity contribution in [3.8, 4) is 12.8 Å². The van der Waals surface area contributed by atoms with E-state index in [2.05, 4.69) is 36.3 Å². The lowest BCUT2D eigenvalue weighted by molar-refractivity contribution is -0.107. The van der Waals surface area contributed by atoms with E-state index in [4.69, 9.17) is 0 Å². The Labute approximate surface area is 184 Å². The fraction of sp³-hybridized carbons (Fsp3) is 0.320. The van der Waals surface area contributed by atoms with Crippen LogP contribution < -0.4 is 5.32 Å². The van der Waals surface area contributed by atoms with Crippen LogP contribution in [0.15, 0.2) is 48.3 Å². The maximum Gasteiger partial charge on any atom is 0.254 e. The lowest BCUT2D eigenvalue weighted by Crippen LogP contribution is -2.32. The third-order valence-corrected chi connectivity index (χ3v) is 5.09. The second kappa shape index (κ2) is 11.6. The molecule has 31 heavy (non-hydrogen) atoms. The first-order valence-corrected chi connectivity index (χ1v) is 10.3. The van der Waals surface area contributed by atoms with Gasteiger partial charge in [-0.25, -0.2) is 0 Å². The molecule has 162 valence electrons. The highest BCUT2D eigenvalue weighted by Crippen LogP contribution is 2.25. The van der Waals surface area contributed by atoms with E-state index in [1.165, 1.54) is 0 Å². The zero-order valence-electron chi connectivity index (χ0n) is 18.5. The first-order chi connectivity index (χ1) is 15.0. The lowest BCUT2D eigenvalue weighted by Gasteiger charge is -2.21. The molecule has 6 nitrogen and oxygen atoms in total. The van der Waals surface area contributed by atoms with Gasteiger partial charge in [0, 0.05) is 30.3 Å². The Kier molecular flexibility index (Phi) is 8.83. The molecule has 1 aromatic heterocycles. The maximum absolute atomic E-state index is 13.3. The second-order valence-electron chi connectivity index (χ2n) is 7.30. The van der Waals surface area contributed by atoms with Crippen LogP contribution in [0.25, 0.3) is 0 Å². The van der Waals surface area contributed by atoms with Crippen LogP contribution in [-0.2, 0) is 24.8 Å². The number of hydrogen-bond donors (Lipinski definition) is 1. The third kappa shape index (κ3) is 5.95. The monoisotopic (exact) mass is 418 g/mol. The average Bonchev–Trinajstić information content (AvgIpc) is 3.01. The van der Waals surface area contributed by atoms with Gasteiger partial charge in [-0.2, -0.15) is 5.10 Å². The molecule has 0 bridgehead atoms. The summed E-state index contributed by atoms with van der Waals surface area (Å²) in [7, 11) is 1.89. The molecule has 1 amide bonds. The first kappa shape index (κ1) is 23.7. The molecule has 0 aliphatic carbocycles. The number of aromatic nitrogens is 2. The summed E-state index contributed by atoms with van der Waals surface area (Å²) in [4.78, 5) is 25.8. The topological polar surface area (TPSA) is 67.2 Å². The van der Waals surface area contributed by atoms with Gasteiger partial charge < -0.3 is 15.0 Å². The van der Waals surface area contributed by atoms with E-state index in [1.807, 2.05) is 49.2 Å². The number of benzene rings is 1. The number of fused-ring (bicyclic) bond motifs is 1. The Morgan fingerprint density at radius 2 is 2.06 bits per heavy atom. The van der Waals surface area contributed by atoms with Gasteiger partial charge in [-0.15, -0.1) is 12.8 Å². The summed E-state index contributed by atoms with van der Waals surface area (Å²) in [5, 5.41) is 7.76. The Morgan fingerprint density at radius 1 is 1.29 bits per heavy atom. The summed E-state index contributed by atoms with van der Waals surface area (Å²) in [6.45, 7) is 5.07. The van der Waals surface area contributed by atoms with Crippen molar-refractivity contribution in [3.63, 3.8) is 0 Å². The minimum atomic E-state index is -0.0149. The van der Waals surface area contributed by atoms with E-state index >= 15 is 0 Å². The Morgan fingerprint density at radius 3 is 2.74 bits per heavy atom. The smallest absolute Gasteiger partial charge is 0.254 e. The number of nitrogens with zero attached hydrogens (tertiary/aromatic N) is 3. The molecule has 0 spiro atoms. The number of aldehydes is 1. The van der Waals surface area contributed by atoms with Crippen LogP contribution in [0, 0.1) is 19.8 Å².